The molecule has 0 saturated carbocycles. The van der Waals surface area contributed by atoms with Crippen molar-refractivity contribution in [3.63, 3.8) is 0 Å². The Bertz CT molecular complexity index is 782. The number of hydrogen-bond acceptors (Lipinski definition) is 3. The Morgan fingerprint density at radius 3 is 2.61 bits per heavy atom. The highest BCUT2D eigenvalue weighted by atomic mass is 35.5. The molecule has 0 aliphatic rings. The van der Waals surface area contributed by atoms with Crippen LogP contribution in [0.4, 0.5) is 19.0 Å². The number of carbonyl (C=O) groups is 2. The number of aromatic nitrogens is 1. The van der Waals surface area contributed by atoms with Gasteiger partial charge in [-0.15, -0.1) is 0 Å². The molecule has 23 heavy (non-hydrogen) atoms. The van der Waals surface area contributed by atoms with Gasteiger partial charge in [-0.3, -0.25) is 9.59 Å². The quantitative estimate of drug-likeness (QED) is 0.845. The fraction of sp³-hybridized carbons (Fsp3) is 0.133. The number of nitrogens with one attached hydrogen (secondary N) is 1. The summed E-state index contributed by atoms with van der Waals surface area (Å²) in [6.45, 7) is 1.24. The van der Waals surface area contributed by atoms with E-state index >= 15 is 0 Å². The molecule has 2 aromatic rings. The monoisotopic (exact) mass is 342 g/mol. The van der Waals surface area contributed by atoms with E-state index in [0.29, 0.717) is 6.29 Å². The van der Waals surface area contributed by atoms with Gasteiger partial charge in [-0.1, -0.05) is 11.6 Å². The summed E-state index contributed by atoms with van der Waals surface area (Å²) < 4.78 is 40.3. The Hall–Kier alpha value is -2.41. The number of benzene rings is 1. The van der Waals surface area contributed by atoms with Crippen molar-refractivity contribution in [3.05, 3.63) is 46.4 Å². The maximum Gasteiger partial charge on any atom is 0.268 e. The summed E-state index contributed by atoms with van der Waals surface area (Å²) in [5, 5.41) is 1.96. The zero-order valence-corrected chi connectivity index (χ0v) is 12.5. The molecule has 1 N–H and O–H groups in total. The van der Waals surface area contributed by atoms with Crippen molar-refractivity contribution in [1.29, 1.82) is 0 Å². The SMILES string of the molecule is CC(=O)Nc1cc(-c2ccc(Cl)c(C(F)F)c2F)c(C=O)cn1. The van der Waals surface area contributed by atoms with Gasteiger partial charge in [0.25, 0.3) is 6.43 Å². The highest BCUT2D eigenvalue weighted by Crippen LogP contribution is 2.36. The van der Waals surface area contributed by atoms with Crippen LogP contribution in [0.2, 0.25) is 5.02 Å². The number of anilines is 1. The second-order valence-electron chi connectivity index (χ2n) is 4.58. The fourth-order valence-electron chi connectivity index (χ4n) is 2.02. The smallest absolute Gasteiger partial charge is 0.268 e. The molecule has 0 saturated heterocycles. The van der Waals surface area contributed by atoms with E-state index in [1.807, 2.05) is 0 Å². The predicted molar refractivity (Wildman–Crippen MR) is 79.3 cm³/mol. The molecule has 0 fully saturated rings. The van der Waals surface area contributed by atoms with Gasteiger partial charge in [0.15, 0.2) is 6.29 Å². The largest absolute Gasteiger partial charge is 0.311 e. The number of amides is 1. The lowest BCUT2D eigenvalue weighted by Gasteiger charge is -2.12. The van der Waals surface area contributed by atoms with E-state index < -0.39 is 28.7 Å². The van der Waals surface area contributed by atoms with Gasteiger partial charge in [0.1, 0.15) is 11.6 Å². The first-order valence-electron chi connectivity index (χ1n) is 6.34. The van der Waals surface area contributed by atoms with E-state index in [0.717, 1.165) is 12.3 Å². The number of halogens is 4. The first-order valence-corrected chi connectivity index (χ1v) is 6.72. The molecule has 0 unspecified atom stereocenters. The molecule has 4 nitrogen and oxygen atoms in total. The molecule has 0 aliphatic carbocycles. The Labute approximate surface area is 134 Å². The van der Waals surface area contributed by atoms with Crippen molar-refractivity contribution in [2.24, 2.45) is 0 Å². The Kier molecular flexibility index (Phi) is 5.00. The van der Waals surface area contributed by atoms with Crippen LogP contribution in [0.25, 0.3) is 11.1 Å². The average molecular weight is 343 g/mol. The van der Waals surface area contributed by atoms with Crippen molar-refractivity contribution in [2.75, 3.05) is 5.32 Å². The third-order valence-electron chi connectivity index (χ3n) is 3.00. The Morgan fingerprint density at radius 1 is 1.35 bits per heavy atom. The molecular weight excluding hydrogens is 333 g/mol. The summed E-state index contributed by atoms with van der Waals surface area (Å²) in [6.07, 6.45) is -1.58. The van der Waals surface area contributed by atoms with Crippen LogP contribution in [-0.4, -0.2) is 17.2 Å². The van der Waals surface area contributed by atoms with Gasteiger partial charge in [-0.05, 0) is 18.2 Å². The van der Waals surface area contributed by atoms with E-state index in [1.165, 1.54) is 19.1 Å². The Balaban J connectivity index is 2.67. The Morgan fingerprint density at radius 2 is 2.04 bits per heavy atom. The van der Waals surface area contributed by atoms with Gasteiger partial charge < -0.3 is 5.32 Å². The van der Waals surface area contributed by atoms with Crippen LogP contribution >= 0.6 is 11.6 Å². The highest BCUT2D eigenvalue weighted by molar-refractivity contribution is 6.31. The van der Waals surface area contributed by atoms with E-state index in [-0.39, 0.29) is 22.5 Å². The van der Waals surface area contributed by atoms with Crippen molar-refractivity contribution >= 4 is 29.6 Å². The zero-order valence-electron chi connectivity index (χ0n) is 11.7. The molecule has 1 amide bonds. The molecule has 0 radical (unpaired) electrons. The minimum Gasteiger partial charge on any atom is -0.311 e. The lowest BCUT2D eigenvalue weighted by Crippen LogP contribution is -2.08. The van der Waals surface area contributed by atoms with Crippen LogP contribution in [0.5, 0.6) is 0 Å². The normalized spacial score (nSPS) is 10.7. The van der Waals surface area contributed by atoms with Crippen LogP contribution in [-0.2, 0) is 4.79 Å². The van der Waals surface area contributed by atoms with Crippen molar-refractivity contribution < 1.29 is 22.8 Å². The van der Waals surface area contributed by atoms with Gasteiger partial charge in [0.2, 0.25) is 5.91 Å². The van der Waals surface area contributed by atoms with Gasteiger partial charge in [-0.25, -0.2) is 18.2 Å². The molecule has 120 valence electrons. The van der Waals surface area contributed by atoms with Gasteiger partial charge in [-0.2, -0.15) is 0 Å². The maximum absolute atomic E-state index is 14.4. The van der Waals surface area contributed by atoms with Crippen molar-refractivity contribution in [1.82, 2.24) is 4.98 Å². The van der Waals surface area contributed by atoms with Gasteiger partial charge in [0, 0.05) is 29.8 Å². The summed E-state index contributed by atoms with van der Waals surface area (Å²) in [5.41, 5.74) is -1.17. The molecule has 8 heteroatoms. The summed E-state index contributed by atoms with van der Waals surface area (Å²) in [5.74, 6) is -1.59. The predicted octanol–water partition coefficient (Wildman–Crippen LogP) is 4.25. The summed E-state index contributed by atoms with van der Waals surface area (Å²) in [6, 6.07) is 3.53. The maximum atomic E-state index is 14.4. The van der Waals surface area contributed by atoms with Crippen LogP contribution in [0, 0.1) is 5.82 Å². The molecule has 1 heterocycles. The van der Waals surface area contributed by atoms with E-state index in [2.05, 4.69) is 10.3 Å². The minimum atomic E-state index is -3.11. The van der Waals surface area contributed by atoms with Gasteiger partial charge in [0.05, 0.1) is 10.6 Å². The molecule has 1 aromatic carbocycles. The molecule has 0 spiro atoms. The number of nitrogens with zero attached hydrogens (tertiary/aromatic N) is 1. The summed E-state index contributed by atoms with van der Waals surface area (Å²) in [4.78, 5) is 26.0. The molecule has 2 rings (SSSR count). The molecule has 0 atom stereocenters. The first kappa shape index (κ1) is 17.0. The highest BCUT2D eigenvalue weighted by Gasteiger charge is 2.22. The molecule has 0 aliphatic heterocycles. The third kappa shape index (κ3) is 3.50. The molecule has 1 aromatic heterocycles. The lowest BCUT2D eigenvalue weighted by atomic mass is 9.99. The number of aldehydes is 1. The van der Waals surface area contributed by atoms with E-state index in [1.54, 1.807) is 0 Å². The van der Waals surface area contributed by atoms with Crippen LogP contribution < -0.4 is 5.32 Å². The van der Waals surface area contributed by atoms with Crippen LogP contribution in [0.15, 0.2) is 24.4 Å². The number of pyridine rings is 1. The van der Waals surface area contributed by atoms with Crippen LogP contribution in [0.3, 0.4) is 0 Å². The number of carbonyl (C=O) groups excluding carboxylic acids is 2. The number of hydrogen-bond donors (Lipinski definition) is 1. The topological polar surface area (TPSA) is 59.1 Å². The molecular formula is C15H10ClF3N2O2. The molecule has 0 bridgehead atoms. The van der Waals surface area contributed by atoms with Crippen LogP contribution in [0.1, 0.15) is 29.3 Å². The summed E-state index contributed by atoms with van der Waals surface area (Å²) in [7, 11) is 0. The average Bonchev–Trinajstić information content (AvgIpc) is 2.46. The van der Waals surface area contributed by atoms with E-state index in [4.69, 9.17) is 11.6 Å². The van der Waals surface area contributed by atoms with E-state index in [9.17, 15) is 22.8 Å². The first-order chi connectivity index (χ1) is 10.8. The fourth-order valence-corrected chi connectivity index (χ4v) is 2.25. The third-order valence-corrected chi connectivity index (χ3v) is 3.33. The number of alkyl halides is 2. The second-order valence-corrected chi connectivity index (χ2v) is 4.99. The van der Waals surface area contributed by atoms with Gasteiger partial charge >= 0.3 is 0 Å². The lowest BCUT2D eigenvalue weighted by molar-refractivity contribution is -0.114. The standard InChI is InChI=1S/C15H10ClF3N2O2/c1-7(23)21-12-4-10(8(6-22)5-20-12)9-2-3-11(16)13(14(9)17)15(18)19/h2-6,15H,1H3,(H,20,21,23). The van der Waals surface area contributed by atoms with Crippen molar-refractivity contribution in [2.45, 2.75) is 13.3 Å². The van der Waals surface area contributed by atoms with Crippen molar-refractivity contribution in [3.8, 4) is 11.1 Å². The zero-order chi connectivity index (χ0) is 17.1. The second kappa shape index (κ2) is 6.78. The summed E-state index contributed by atoms with van der Waals surface area (Å²) >= 11 is 5.60. The number of rotatable bonds is 4. The minimum absolute atomic E-state index is 0.0134.